The highest BCUT2D eigenvalue weighted by molar-refractivity contribution is 7.18. The van der Waals surface area contributed by atoms with Crippen molar-refractivity contribution >= 4 is 39.2 Å². The van der Waals surface area contributed by atoms with Gasteiger partial charge in [0.15, 0.2) is 0 Å². The van der Waals surface area contributed by atoms with Gasteiger partial charge in [0, 0.05) is 11.8 Å². The molecule has 3 aromatic rings. The van der Waals surface area contributed by atoms with Gasteiger partial charge in [0.2, 0.25) is 5.91 Å². The summed E-state index contributed by atoms with van der Waals surface area (Å²) in [6.07, 6.45) is 3.11. The number of thiazole rings is 1. The van der Waals surface area contributed by atoms with Crippen LogP contribution in [0.4, 0.5) is 5.69 Å². The Kier molecular flexibility index (Phi) is 3.58. The number of amides is 1. The summed E-state index contributed by atoms with van der Waals surface area (Å²) in [5.74, 6) is 1.29. The molecule has 21 heavy (non-hydrogen) atoms. The van der Waals surface area contributed by atoms with Gasteiger partial charge in [-0.25, -0.2) is 4.98 Å². The average molecular weight is 298 g/mol. The summed E-state index contributed by atoms with van der Waals surface area (Å²) in [5, 5.41) is 3.85. The lowest BCUT2D eigenvalue weighted by atomic mass is 10.3. The van der Waals surface area contributed by atoms with Crippen LogP contribution in [0.1, 0.15) is 16.5 Å². The zero-order valence-electron chi connectivity index (χ0n) is 11.7. The zero-order chi connectivity index (χ0) is 14.8. The standard InChI is InChI=1S/C16H14N2O2S/c1-10-3-5-13(20-10)6-8-16(19)18-12-4-7-14-15(9-12)21-11(2)17-14/h3-9H,1-2H3,(H,18,19). The highest BCUT2D eigenvalue weighted by Gasteiger charge is 2.03. The van der Waals surface area contributed by atoms with Gasteiger partial charge in [-0.05, 0) is 50.3 Å². The van der Waals surface area contributed by atoms with Crippen molar-refractivity contribution in [3.8, 4) is 0 Å². The number of hydrogen-bond donors (Lipinski definition) is 1. The van der Waals surface area contributed by atoms with Gasteiger partial charge in [0.1, 0.15) is 11.5 Å². The molecule has 1 aromatic carbocycles. The second-order valence-electron chi connectivity index (χ2n) is 4.69. The highest BCUT2D eigenvalue weighted by atomic mass is 32.1. The van der Waals surface area contributed by atoms with E-state index in [2.05, 4.69) is 10.3 Å². The van der Waals surface area contributed by atoms with Gasteiger partial charge >= 0.3 is 0 Å². The largest absolute Gasteiger partial charge is 0.462 e. The summed E-state index contributed by atoms with van der Waals surface area (Å²) >= 11 is 1.61. The molecule has 0 fully saturated rings. The molecular weight excluding hydrogens is 284 g/mol. The fourth-order valence-corrected chi connectivity index (χ4v) is 2.87. The van der Waals surface area contributed by atoms with E-state index in [9.17, 15) is 4.79 Å². The molecule has 2 heterocycles. The molecule has 0 saturated heterocycles. The van der Waals surface area contributed by atoms with Crippen LogP contribution in [0.2, 0.25) is 0 Å². The summed E-state index contributed by atoms with van der Waals surface area (Å²) in [4.78, 5) is 16.3. The molecule has 0 atom stereocenters. The molecule has 1 amide bonds. The molecule has 0 unspecified atom stereocenters. The maximum absolute atomic E-state index is 11.9. The van der Waals surface area contributed by atoms with E-state index in [0.717, 1.165) is 26.7 Å². The SMILES string of the molecule is Cc1ccc(C=CC(=O)Nc2ccc3nc(C)sc3c2)o1. The van der Waals surface area contributed by atoms with E-state index >= 15 is 0 Å². The first-order valence-electron chi connectivity index (χ1n) is 6.53. The van der Waals surface area contributed by atoms with Crippen molar-refractivity contribution in [3.05, 3.63) is 52.9 Å². The molecule has 5 heteroatoms. The molecule has 0 saturated carbocycles. The molecule has 0 aliphatic carbocycles. The van der Waals surface area contributed by atoms with Crippen molar-refractivity contribution < 1.29 is 9.21 Å². The Morgan fingerprint density at radius 2 is 2.14 bits per heavy atom. The minimum Gasteiger partial charge on any atom is -0.462 e. The smallest absolute Gasteiger partial charge is 0.248 e. The van der Waals surface area contributed by atoms with Gasteiger partial charge < -0.3 is 9.73 Å². The molecule has 0 spiro atoms. The fraction of sp³-hybridized carbons (Fsp3) is 0.125. The monoisotopic (exact) mass is 298 g/mol. The molecule has 0 aliphatic rings. The quantitative estimate of drug-likeness (QED) is 0.739. The normalized spacial score (nSPS) is 11.3. The van der Waals surface area contributed by atoms with Gasteiger partial charge in [-0.3, -0.25) is 4.79 Å². The Morgan fingerprint density at radius 1 is 1.29 bits per heavy atom. The van der Waals surface area contributed by atoms with Gasteiger partial charge in [0.25, 0.3) is 0 Å². The van der Waals surface area contributed by atoms with Crippen LogP contribution in [0.3, 0.4) is 0 Å². The fourth-order valence-electron chi connectivity index (χ4n) is 2.00. The van der Waals surface area contributed by atoms with Crippen molar-refractivity contribution in [1.29, 1.82) is 0 Å². The van der Waals surface area contributed by atoms with Crippen LogP contribution in [-0.4, -0.2) is 10.9 Å². The second kappa shape index (κ2) is 5.54. The van der Waals surface area contributed by atoms with Crippen LogP contribution in [0.5, 0.6) is 0 Å². The van der Waals surface area contributed by atoms with Crippen LogP contribution < -0.4 is 5.32 Å². The lowest BCUT2D eigenvalue weighted by molar-refractivity contribution is -0.111. The van der Waals surface area contributed by atoms with E-state index in [4.69, 9.17) is 4.42 Å². The average Bonchev–Trinajstić information content (AvgIpc) is 3.01. The topological polar surface area (TPSA) is 55.1 Å². The second-order valence-corrected chi connectivity index (χ2v) is 5.92. The van der Waals surface area contributed by atoms with Crippen molar-refractivity contribution in [1.82, 2.24) is 4.98 Å². The number of nitrogens with zero attached hydrogens (tertiary/aromatic N) is 1. The van der Waals surface area contributed by atoms with Crippen LogP contribution in [-0.2, 0) is 4.79 Å². The van der Waals surface area contributed by atoms with Crippen LogP contribution >= 0.6 is 11.3 Å². The molecule has 1 N–H and O–H groups in total. The lowest BCUT2D eigenvalue weighted by Gasteiger charge is -2.01. The maximum Gasteiger partial charge on any atom is 0.248 e. The van der Waals surface area contributed by atoms with Gasteiger partial charge in [0.05, 0.1) is 15.2 Å². The first-order valence-corrected chi connectivity index (χ1v) is 7.34. The predicted molar refractivity (Wildman–Crippen MR) is 85.5 cm³/mol. The number of fused-ring (bicyclic) bond motifs is 1. The van der Waals surface area contributed by atoms with Crippen LogP contribution in [0.15, 0.2) is 40.8 Å². The zero-order valence-corrected chi connectivity index (χ0v) is 12.5. The molecule has 0 bridgehead atoms. The van der Waals surface area contributed by atoms with Crippen molar-refractivity contribution in [2.24, 2.45) is 0 Å². The number of rotatable bonds is 3. The summed E-state index contributed by atoms with van der Waals surface area (Å²) < 4.78 is 6.44. The summed E-state index contributed by atoms with van der Waals surface area (Å²) in [6, 6.07) is 9.38. The Morgan fingerprint density at radius 3 is 2.90 bits per heavy atom. The number of benzene rings is 1. The van der Waals surface area contributed by atoms with Crippen LogP contribution in [0, 0.1) is 13.8 Å². The number of nitrogens with one attached hydrogen (secondary N) is 1. The number of furan rings is 1. The predicted octanol–water partition coefficient (Wildman–Crippen LogP) is 4.16. The van der Waals surface area contributed by atoms with Crippen molar-refractivity contribution in [2.75, 3.05) is 5.32 Å². The van der Waals surface area contributed by atoms with E-state index in [1.54, 1.807) is 17.4 Å². The van der Waals surface area contributed by atoms with E-state index in [-0.39, 0.29) is 5.91 Å². The first-order chi connectivity index (χ1) is 10.1. The Bertz CT molecular complexity index is 830. The molecule has 3 rings (SSSR count). The molecule has 2 aromatic heterocycles. The summed E-state index contributed by atoms with van der Waals surface area (Å²) in [7, 11) is 0. The van der Waals surface area contributed by atoms with E-state index in [0.29, 0.717) is 5.76 Å². The molecule has 0 aliphatic heterocycles. The molecule has 0 radical (unpaired) electrons. The first kappa shape index (κ1) is 13.6. The molecule has 106 valence electrons. The third-order valence-electron chi connectivity index (χ3n) is 2.92. The highest BCUT2D eigenvalue weighted by Crippen LogP contribution is 2.24. The van der Waals surface area contributed by atoms with E-state index in [1.807, 2.05) is 44.2 Å². The number of carbonyl (C=O) groups excluding carboxylic acids is 1. The summed E-state index contributed by atoms with van der Waals surface area (Å²) in [6.45, 7) is 3.83. The van der Waals surface area contributed by atoms with Gasteiger partial charge in [-0.2, -0.15) is 0 Å². The van der Waals surface area contributed by atoms with Crippen LogP contribution in [0.25, 0.3) is 16.3 Å². The maximum atomic E-state index is 11.9. The third kappa shape index (κ3) is 3.20. The van der Waals surface area contributed by atoms with Gasteiger partial charge in [-0.15, -0.1) is 11.3 Å². The Hall–Kier alpha value is -2.40. The number of aryl methyl sites for hydroxylation is 2. The minimum atomic E-state index is -0.190. The third-order valence-corrected chi connectivity index (χ3v) is 3.86. The summed E-state index contributed by atoms with van der Waals surface area (Å²) in [5.41, 5.74) is 1.72. The van der Waals surface area contributed by atoms with Crippen molar-refractivity contribution in [2.45, 2.75) is 13.8 Å². The Balaban J connectivity index is 1.72. The number of hydrogen-bond acceptors (Lipinski definition) is 4. The minimum absolute atomic E-state index is 0.190. The van der Waals surface area contributed by atoms with E-state index < -0.39 is 0 Å². The molecule has 4 nitrogen and oxygen atoms in total. The van der Waals surface area contributed by atoms with E-state index in [1.165, 1.54) is 6.08 Å². The lowest BCUT2D eigenvalue weighted by Crippen LogP contribution is -2.07. The number of carbonyl (C=O) groups is 1. The van der Waals surface area contributed by atoms with Gasteiger partial charge in [-0.1, -0.05) is 0 Å². The number of anilines is 1. The molecular formula is C16H14N2O2S. The Labute approximate surface area is 126 Å². The van der Waals surface area contributed by atoms with Crippen molar-refractivity contribution in [3.63, 3.8) is 0 Å². The number of aromatic nitrogens is 1.